The molecule has 2 aliphatic rings. The minimum absolute atomic E-state index is 0.0543. The van der Waals surface area contributed by atoms with Crippen molar-refractivity contribution in [2.45, 2.75) is 71.8 Å². The van der Waals surface area contributed by atoms with E-state index in [-0.39, 0.29) is 11.9 Å². The highest BCUT2D eigenvalue weighted by Crippen LogP contribution is 2.43. The van der Waals surface area contributed by atoms with Crippen LogP contribution in [-0.4, -0.2) is 37.1 Å². The fraction of sp³-hybridized carbons (Fsp3) is 0.441. The predicted octanol–water partition coefficient (Wildman–Crippen LogP) is 7.01. The number of hydrogen-bond donors (Lipinski definition) is 1. The normalized spacial score (nSPS) is 18.8. The fourth-order valence-corrected chi connectivity index (χ4v) is 6.20. The Labute approximate surface area is 233 Å². The van der Waals surface area contributed by atoms with Crippen LogP contribution in [0.2, 0.25) is 0 Å². The SMILES string of the molecule is CCCc1ccc([C@H]2C[C@@H](c3ccc4c(c3)OCCO4)CN2CC(=O)Nc2c(CC)cc(C)cc2CC)cc1. The van der Waals surface area contributed by atoms with Crippen molar-refractivity contribution >= 4 is 11.6 Å². The van der Waals surface area contributed by atoms with Crippen molar-refractivity contribution in [3.63, 3.8) is 0 Å². The molecule has 1 N–H and O–H groups in total. The van der Waals surface area contributed by atoms with E-state index in [1.807, 2.05) is 6.07 Å². The van der Waals surface area contributed by atoms with Gasteiger partial charge in [-0.15, -0.1) is 0 Å². The molecule has 39 heavy (non-hydrogen) atoms. The summed E-state index contributed by atoms with van der Waals surface area (Å²) in [6.45, 7) is 11.0. The molecule has 0 saturated carbocycles. The number of ether oxygens (including phenoxy) is 2. The summed E-state index contributed by atoms with van der Waals surface area (Å²) in [5, 5.41) is 3.31. The van der Waals surface area contributed by atoms with Crippen LogP contribution in [0.5, 0.6) is 11.5 Å². The van der Waals surface area contributed by atoms with Crippen LogP contribution in [0.1, 0.15) is 79.0 Å². The highest BCUT2D eigenvalue weighted by Gasteiger charge is 2.35. The number of amides is 1. The van der Waals surface area contributed by atoms with Crippen LogP contribution >= 0.6 is 0 Å². The molecule has 1 amide bonds. The summed E-state index contributed by atoms with van der Waals surface area (Å²) >= 11 is 0. The predicted molar refractivity (Wildman–Crippen MR) is 158 cm³/mol. The Morgan fingerprint density at radius 1 is 0.897 bits per heavy atom. The Morgan fingerprint density at radius 3 is 2.23 bits per heavy atom. The molecule has 5 rings (SSSR count). The summed E-state index contributed by atoms with van der Waals surface area (Å²) in [5.41, 5.74) is 8.55. The lowest BCUT2D eigenvalue weighted by Gasteiger charge is -2.25. The van der Waals surface area contributed by atoms with E-state index in [1.165, 1.54) is 33.4 Å². The van der Waals surface area contributed by atoms with Crippen LogP contribution in [0.4, 0.5) is 5.69 Å². The van der Waals surface area contributed by atoms with E-state index in [2.05, 4.69) is 86.4 Å². The van der Waals surface area contributed by atoms with Gasteiger partial charge in [-0.1, -0.05) is 75.2 Å². The Bertz CT molecular complexity index is 1280. The quantitative estimate of drug-likeness (QED) is 0.326. The second kappa shape index (κ2) is 12.3. The third-order valence-electron chi connectivity index (χ3n) is 8.16. The van der Waals surface area contributed by atoms with E-state index in [9.17, 15) is 4.79 Å². The molecule has 0 aromatic heterocycles. The van der Waals surface area contributed by atoms with Gasteiger partial charge in [0.15, 0.2) is 11.5 Å². The average molecular weight is 527 g/mol. The molecule has 1 saturated heterocycles. The van der Waals surface area contributed by atoms with Crippen molar-refractivity contribution in [1.29, 1.82) is 0 Å². The molecule has 1 fully saturated rings. The molecule has 3 aromatic carbocycles. The number of anilines is 1. The summed E-state index contributed by atoms with van der Waals surface area (Å²) in [6.07, 6.45) is 4.98. The molecule has 0 radical (unpaired) electrons. The minimum atomic E-state index is 0.0543. The Kier molecular flexibility index (Phi) is 8.56. The Balaban J connectivity index is 1.39. The summed E-state index contributed by atoms with van der Waals surface area (Å²) in [5.74, 6) is 2.01. The van der Waals surface area contributed by atoms with Crippen molar-refractivity contribution in [2.75, 3.05) is 31.6 Å². The Morgan fingerprint density at radius 2 is 1.56 bits per heavy atom. The summed E-state index contributed by atoms with van der Waals surface area (Å²) in [6, 6.07) is 19.9. The smallest absolute Gasteiger partial charge is 0.238 e. The first-order chi connectivity index (χ1) is 19.0. The van der Waals surface area contributed by atoms with E-state index >= 15 is 0 Å². The molecule has 2 aliphatic heterocycles. The van der Waals surface area contributed by atoms with Gasteiger partial charge < -0.3 is 14.8 Å². The maximum atomic E-state index is 13.6. The molecule has 206 valence electrons. The standard InChI is InChI=1S/C34H42N2O3/c1-5-8-24-9-11-27(12-10-24)30-19-29(28-13-14-31-32(20-28)39-16-15-38-31)21-36(30)22-33(37)35-34-25(6-2)17-23(4)18-26(34)7-3/h9-14,17-18,20,29-30H,5-8,15-16,19,21-22H2,1-4H3,(H,35,37)/t29-,30-/m1/s1. The van der Waals surface area contributed by atoms with E-state index in [0.29, 0.717) is 25.7 Å². The topological polar surface area (TPSA) is 50.8 Å². The highest BCUT2D eigenvalue weighted by molar-refractivity contribution is 5.94. The number of aryl methyl sites for hydroxylation is 4. The van der Waals surface area contributed by atoms with Crippen molar-refractivity contribution < 1.29 is 14.3 Å². The van der Waals surface area contributed by atoms with E-state index in [1.54, 1.807) is 0 Å². The zero-order valence-electron chi connectivity index (χ0n) is 23.9. The third-order valence-corrected chi connectivity index (χ3v) is 8.16. The Hall–Kier alpha value is -3.31. The maximum absolute atomic E-state index is 13.6. The van der Waals surface area contributed by atoms with Gasteiger partial charge in [0, 0.05) is 18.3 Å². The van der Waals surface area contributed by atoms with Gasteiger partial charge >= 0.3 is 0 Å². The molecule has 0 unspecified atom stereocenters. The monoisotopic (exact) mass is 526 g/mol. The van der Waals surface area contributed by atoms with Gasteiger partial charge in [0.05, 0.1) is 6.54 Å². The number of nitrogens with one attached hydrogen (secondary N) is 1. The van der Waals surface area contributed by atoms with Gasteiger partial charge in [-0.25, -0.2) is 0 Å². The van der Waals surface area contributed by atoms with Gasteiger partial charge in [0.25, 0.3) is 0 Å². The number of nitrogens with zero attached hydrogens (tertiary/aromatic N) is 1. The van der Waals surface area contributed by atoms with Crippen LogP contribution in [-0.2, 0) is 24.1 Å². The van der Waals surface area contributed by atoms with Crippen molar-refractivity contribution in [1.82, 2.24) is 4.90 Å². The molecule has 0 spiro atoms. The van der Waals surface area contributed by atoms with Crippen molar-refractivity contribution in [2.24, 2.45) is 0 Å². The van der Waals surface area contributed by atoms with Gasteiger partial charge in [0.1, 0.15) is 13.2 Å². The molecule has 0 bridgehead atoms. The number of rotatable bonds is 9. The molecule has 2 heterocycles. The number of carbonyl (C=O) groups excluding carboxylic acids is 1. The first kappa shape index (κ1) is 27.3. The summed E-state index contributed by atoms with van der Waals surface area (Å²) < 4.78 is 11.6. The van der Waals surface area contributed by atoms with Gasteiger partial charge in [-0.2, -0.15) is 0 Å². The van der Waals surface area contributed by atoms with E-state index in [4.69, 9.17) is 9.47 Å². The molecule has 5 nitrogen and oxygen atoms in total. The zero-order chi connectivity index (χ0) is 27.4. The number of benzene rings is 3. The number of hydrogen-bond acceptors (Lipinski definition) is 4. The van der Waals surface area contributed by atoms with Gasteiger partial charge in [0.2, 0.25) is 5.91 Å². The summed E-state index contributed by atoms with van der Waals surface area (Å²) in [7, 11) is 0. The van der Waals surface area contributed by atoms with E-state index in [0.717, 1.165) is 55.8 Å². The molecule has 2 atom stereocenters. The van der Waals surface area contributed by atoms with Crippen LogP contribution in [0.15, 0.2) is 54.6 Å². The van der Waals surface area contributed by atoms with Crippen LogP contribution in [0.25, 0.3) is 0 Å². The van der Waals surface area contributed by atoms with Crippen molar-refractivity contribution in [3.05, 3.63) is 88.0 Å². The van der Waals surface area contributed by atoms with Gasteiger partial charge in [-0.3, -0.25) is 9.69 Å². The zero-order valence-corrected chi connectivity index (χ0v) is 23.9. The molecular weight excluding hydrogens is 484 g/mol. The van der Waals surface area contributed by atoms with Crippen LogP contribution < -0.4 is 14.8 Å². The lowest BCUT2D eigenvalue weighted by atomic mass is 9.93. The largest absolute Gasteiger partial charge is 0.486 e. The number of likely N-dealkylation sites (tertiary alicyclic amines) is 1. The second-order valence-corrected chi connectivity index (χ2v) is 11.0. The van der Waals surface area contributed by atoms with E-state index < -0.39 is 0 Å². The number of fused-ring (bicyclic) bond motifs is 1. The van der Waals surface area contributed by atoms with Crippen molar-refractivity contribution in [3.8, 4) is 11.5 Å². The highest BCUT2D eigenvalue weighted by atomic mass is 16.6. The second-order valence-electron chi connectivity index (χ2n) is 11.0. The lowest BCUT2D eigenvalue weighted by Crippen LogP contribution is -2.33. The lowest BCUT2D eigenvalue weighted by molar-refractivity contribution is -0.117. The average Bonchev–Trinajstić information content (AvgIpc) is 3.37. The summed E-state index contributed by atoms with van der Waals surface area (Å²) in [4.78, 5) is 15.9. The maximum Gasteiger partial charge on any atom is 0.238 e. The fourth-order valence-electron chi connectivity index (χ4n) is 6.20. The van der Waals surface area contributed by atoms with Gasteiger partial charge in [-0.05, 0) is 78.5 Å². The van der Waals surface area contributed by atoms with Crippen LogP contribution in [0, 0.1) is 6.92 Å². The number of carbonyl (C=O) groups is 1. The molecule has 0 aliphatic carbocycles. The third kappa shape index (κ3) is 6.14. The molecule has 5 heteroatoms. The minimum Gasteiger partial charge on any atom is -0.486 e. The first-order valence-corrected chi connectivity index (χ1v) is 14.6. The molecule has 3 aromatic rings. The van der Waals surface area contributed by atoms with Crippen LogP contribution in [0.3, 0.4) is 0 Å². The molecular formula is C34H42N2O3. The first-order valence-electron chi connectivity index (χ1n) is 14.6.